The number of unbranched alkanes of at least 4 members (excludes halogenated alkanes) is 8. The first-order chi connectivity index (χ1) is 29.6. The molecule has 5 heterocycles. The van der Waals surface area contributed by atoms with Crippen molar-refractivity contribution in [3.8, 4) is 0 Å². The zero-order valence-corrected chi connectivity index (χ0v) is 39.3. The molecule has 0 spiro atoms. The molecule has 8 N–H and O–H groups in total. The molecule has 9 rings (SSSR count). The van der Waals surface area contributed by atoms with E-state index in [4.69, 9.17) is 0 Å². The van der Waals surface area contributed by atoms with Crippen LogP contribution in [0.1, 0.15) is 207 Å². The summed E-state index contributed by atoms with van der Waals surface area (Å²) in [5, 5.41) is 35.8. The Balaban J connectivity index is 1.11. The van der Waals surface area contributed by atoms with Crippen molar-refractivity contribution in [2.45, 2.75) is 257 Å². The van der Waals surface area contributed by atoms with Gasteiger partial charge in [0, 0.05) is 0 Å². The fourth-order valence-corrected chi connectivity index (χ4v) is 16.8. The minimum atomic E-state index is 0.360. The van der Waals surface area contributed by atoms with Gasteiger partial charge in [0.15, 0.2) is 0 Å². The first kappa shape index (κ1) is 44.9. The number of fused-ring (bicyclic) bond motifs is 20. The molecule has 8 nitrogen and oxygen atoms in total. The Hall–Kier alpha value is -0.320. The van der Waals surface area contributed by atoms with E-state index in [1.165, 1.54) is 180 Å². The second-order valence-electron chi connectivity index (χ2n) is 22.8. The van der Waals surface area contributed by atoms with Gasteiger partial charge in [-0.05, 0) is 135 Å². The molecule has 8 bridgehead atoms. The van der Waals surface area contributed by atoms with Crippen LogP contribution < -0.4 is 42.5 Å². The molecule has 20 atom stereocenters. The standard InChI is InChI=1S/C52H96N8/c1-5-9-13-23-33-34(24-14-10-6-2)36(26-16-12-8-4)44-43(35(33)25-15-11-7-3)51-58-49-41-31-21-19-29-39(41)47(56-49)54-45-37-27-17-18-28-38(37)46(53-45)55-48-40-30-20-22-32-42(40)50(57-48)59-52(44)60-51/h33-60H,5-32H2,1-4H3. The molecule has 4 saturated carbocycles. The highest BCUT2D eigenvalue weighted by Gasteiger charge is 2.60. The molecule has 9 aliphatic rings. The Morgan fingerprint density at radius 2 is 0.483 bits per heavy atom. The summed E-state index contributed by atoms with van der Waals surface area (Å²) in [4.78, 5) is 0. The number of rotatable bonds is 16. The SMILES string of the molecule is CCCCCC1C(CCCCC)C(CCCCC)C2C3NC4NC(NC5NC(NC6NC(NC(N3)C2C1CCCCC)C1CCCCC61)C1CCCCC51)C1CCCCC41. The number of nitrogens with one attached hydrogen (secondary N) is 8. The van der Waals surface area contributed by atoms with Gasteiger partial charge in [-0.1, -0.05) is 143 Å². The third kappa shape index (κ3) is 9.36. The third-order valence-electron chi connectivity index (χ3n) is 19.5. The molecule has 5 aliphatic heterocycles. The van der Waals surface area contributed by atoms with Gasteiger partial charge in [0.2, 0.25) is 0 Å². The third-order valence-corrected chi connectivity index (χ3v) is 19.5. The Morgan fingerprint density at radius 1 is 0.267 bits per heavy atom. The molecule has 0 aromatic rings. The van der Waals surface area contributed by atoms with Gasteiger partial charge in [-0.25, -0.2) is 0 Å². The highest BCUT2D eigenvalue weighted by atomic mass is 15.4. The fourth-order valence-electron chi connectivity index (χ4n) is 16.8. The van der Waals surface area contributed by atoms with Gasteiger partial charge in [-0.3, -0.25) is 42.5 Å². The monoisotopic (exact) mass is 833 g/mol. The van der Waals surface area contributed by atoms with Crippen molar-refractivity contribution in [1.82, 2.24) is 42.5 Å². The Morgan fingerprint density at radius 3 is 0.733 bits per heavy atom. The first-order valence-electron chi connectivity index (χ1n) is 27.7. The molecule has 8 heteroatoms. The van der Waals surface area contributed by atoms with E-state index in [1.54, 1.807) is 0 Å². The Labute approximate surface area is 369 Å². The first-order valence-corrected chi connectivity index (χ1v) is 27.7. The van der Waals surface area contributed by atoms with Crippen molar-refractivity contribution in [3.05, 3.63) is 0 Å². The van der Waals surface area contributed by atoms with E-state index in [0.29, 0.717) is 84.8 Å². The van der Waals surface area contributed by atoms with Crippen LogP contribution in [0.5, 0.6) is 0 Å². The lowest BCUT2D eigenvalue weighted by Gasteiger charge is -2.53. The second kappa shape index (κ2) is 21.3. The van der Waals surface area contributed by atoms with Crippen LogP contribution in [0.3, 0.4) is 0 Å². The van der Waals surface area contributed by atoms with Crippen LogP contribution in [0, 0.1) is 71.0 Å². The maximum atomic E-state index is 4.62. The van der Waals surface area contributed by atoms with Crippen molar-refractivity contribution in [3.63, 3.8) is 0 Å². The average Bonchev–Trinajstić information content (AvgIpc) is 4.01. The van der Waals surface area contributed by atoms with Crippen LogP contribution >= 0.6 is 0 Å². The van der Waals surface area contributed by atoms with Crippen LogP contribution in [-0.2, 0) is 0 Å². The molecular formula is C52H96N8. The van der Waals surface area contributed by atoms with Gasteiger partial charge < -0.3 is 0 Å². The summed E-state index contributed by atoms with van der Waals surface area (Å²) >= 11 is 0. The van der Waals surface area contributed by atoms with Gasteiger partial charge in [0.1, 0.15) is 0 Å². The summed E-state index contributed by atoms with van der Waals surface area (Å²) in [5.74, 6) is 9.03. The molecule has 0 aromatic heterocycles. The quantitative estimate of drug-likeness (QED) is 0.0730. The average molecular weight is 833 g/mol. The minimum absolute atomic E-state index is 0.360. The zero-order chi connectivity index (χ0) is 41.0. The van der Waals surface area contributed by atoms with Crippen LogP contribution in [0.25, 0.3) is 0 Å². The lowest BCUT2D eigenvalue weighted by atomic mass is 9.53. The van der Waals surface area contributed by atoms with Crippen LogP contribution in [0.2, 0.25) is 0 Å². The maximum Gasteiger partial charge on any atom is 0.0631 e. The van der Waals surface area contributed by atoms with E-state index in [2.05, 4.69) is 70.2 Å². The number of hydrogen-bond donors (Lipinski definition) is 8. The molecule has 0 aromatic carbocycles. The van der Waals surface area contributed by atoms with Gasteiger partial charge in [0.05, 0.1) is 49.3 Å². The molecule has 9 fully saturated rings. The van der Waals surface area contributed by atoms with Gasteiger partial charge >= 0.3 is 0 Å². The summed E-state index contributed by atoms with van der Waals surface area (Å²) in [6.07, 6.45) is 42.2. The van der Waals surface area contributed by atoms with Gasteiger partial charge in [0.25, 0.3) is 0 Å². The molecule has 5 saturated heterocycles. The van der Waals surface area contributed by atoms with Crippen molar-refractivity contribution in [1.29, 1.82) is 0 Å². The summed E-state index contributed by atoms with van der Waals surface area (Å²) in [7, 11) is 0. The highest BCUT2D eigenvalue weighted by molar-refractivity contribution is 5.12. The lowest BCUT2D eigenvalue weighted by molar-refractivity contribution is -0.0434. The van der Waals surface area contributed by atoms with Gasteiger partial charge in [-0.2, -0.15) is 0 Å². The van der Waals surface area contributed by atoms with E-state index < -0.39 is 0 Å². The lowest BCUT2D eigenvalue weighted by Crippen LogP contribution is -2.62. The van der Waals surface area contributed by atoms with Crippen LogP contribution in [0.15, 0.2) is 0 Å². The molecule has 344 valence electrons. The summed E-state index contributed by atoms with van der Waals surface area (Å²) < 4.78 is 0. The Kier molecular flexibility index (Phi) is 15.9. The predicted octanol–water partition coefficient (Wildman–Crippen LogP) is 9.83. The maximum absolute atomic E-state index is 4.62. The largest absolute Gasteiger partial charge is 0.286 e. The van der Waals surface area contributed by atoms with Crippen molar-refractivity contribution >= 4 is 0 Å². The molecule has 0 amide bonds. The Bertz CT molecular complexity index is 1200. The highest BCUT2D eigenvalue weighted by Crippen LogP contribution is 2.57. The van der Waals surface area contributed by atoms with E-state index in [0.717, 1.165) is 35.5 Å². The van der Waals surface area contributed by atoms with E-state index >= 15 is 0 Å². The van der Waals surface area contributed by atoms with Crippen molar-refractivity contribution < 1.29 is 0 Å². The van der Waals surface area contributed by atoms with Crippen molar-refractivity contribution in [2.24, 2.45) is 71.0 Å². The summed E-state index contributed by atoms with van der Waals surface area (Å²) in [5.41, 5.74) is 0. The van der Waals surface area contributed by atoms with E-state index in [9.17, 15) is 0 Å². The van der Waals surface area contributed by atoms with E-state index in [1.807, 2.05) is 0 Å². The summed E-state index contributed by atoms with van der Waals surface area (Å²) in [6, 6.07) is 0. The molecular weight excluding hydrogens is 737 g/mol. The predicted molar refractivity (Wildman–Crippen MR) is 249 cm³/mol. The van der Waals surface area contributed by atoms with Crippen molar-refractivity contribution in [2.75, 3.05) is 0 Å². The molecule has 20 unspecified atom stereocenters. The van der Waals surface area contributed by atoms with Gasteiger partial charge in [-0.15, -0.1) is 0 Å². The molecule has 60 heavy (non-hydrogen) atoms. The summed E-state index contributed by atoms with van der Waals surface area (Å²) in [6.45, 7) is 9.72. The molecule has 0 radical (unpaired) electrons. The van der Waals surface area contributed by atoms with Crippen LogP contribution in [-0.4, -0.2) is 49.3 Å². The minimum Gasteiger partial charge on any atom is -0.286 e. The second-order valence-corrected chi connectivity index (χ2v) is 22.8. The van der Waals surface area contributed by atoms with E-state index in [-0.39, 0.29) is 0 Å². The normalized spacial score (nSPS) is 47.4. The number of hydrogen-bond acceptors (Lipinski definition) is 8. The topological polar surface area (TPSA) is 96.2 Å². The smallest absolute Gasteiger partial charge is 0.0631 e. The fraction of sp³-hybridized carbons (Fsp3) is 1.00. The van der Waals surface area contributed by atoms with Crippen LogP contribution in [0.4, 0.5) is 0 Å². The zero-order valence-electron chi connectivity index (χ0n) is 39.3. The molecule has 4 aliphatic carbocycles.